The van der Waals surface area contributed by atoms with Gasteiger partial charge in [0.15, 0.2) is 0 Å². The van der Waals surface area contributed by atoms with E-state index in [1.807, 2.05) is 17.8 Å². The molecule has 0 aliphatic heterocycles. The van der Waals surface area contributed by atoms with Crippen molar-refractivity contribution in [1.29, 1.82) is 0 Å². The Labute approximate surface area is 114 Å². The first-order valence-electron chi connectivity index (χ1n) is 5.64. The van der Waals surface area contributed by atoms with Gasteiger partial charge in [-0.2, -0.15) is 0 Å². The molecule has 0 saturated heterocycles. The van der Waals surface area contributed by atoms with Crippen LogP contribution >= 0.6 is 11.3 Å². The van der Waals surface area contributed by atoms with Crippen LogP contribution in [0.4, 0.5) is 0 Å². The summed E-state index contributed by atoms with van der Waals surface area (Å²) in [6.45, 7) is 0.205. The summed E-state index contributed by atoms with van der Waals surface area (Å²) in [6, 6.07) is 3.49. The first-order chi connectivity index (χ1) is 9.20. The van der Waals surface area contributed by atoms with E-state index < -0.39 is 0 Å². The number of thiophene rings is 1. The number of aromatic nitrogens is 2. The summed E-state index contributed by atoms with van der Waals surface area (Å²) in [5.74, 6) is 5.97. The molecule has 2 aromatic heterocycles. The molecule has 0 aliphatic rings. The normalized spacial score (nSPS) is 9.79. The maximum atomic E-state index is 11.9. The molecule has 6 heteroatoms. The molecule has 19 heavy (non-hydrogen) atoms. The van der Waals surface area contributed by atoms with Crippen molar-refractivity contribution in [2.45, 2.75) is 6.54 Å². The molecule has 2 heterocycles. The minimum Gasteiger partial charge on any atom is -0.384 e. The molecular formula is C13H13N3O2S. The average molecular weight is 275 g/mol. The van der Waals surface area contributed by atoms with Crippen LogP contribution in [0.25, 0.3) is 0 Å². The number of carbonyl (C=O) groups is 1. The Kier molecular flexibility index (Phi) is 4.34. The number of aryl methyl sites for hydroxylation is 1. The van der Waals surface area contributed by atoms with Crippen molar-refractivity contribution >= 4 is 17.2 Å². The van der Waals surface area contributed by atoms with Gasteiger partial charge < -0.3 is 15.0 Å². The third kappa shape index (κ3) is 3.44. The van der Waals surface area contributed by atoms with Crippen molar-refractivity contribution in [2.75, 3.05) is 6.61 Å². The van der Waals surface area contributed by atoms with E-state index in [4.69, 9.17) is 5.11 Å². The van der Waals surface area contributed by atoms with E-state index >= 15 is 0 Å². The zero-order chi connectivity index (χ0) is 13.7. The van der Waals surface area contributed by atoms with Crippen molar-refractivity contribution in [3.8, 4) is 11.8 Å². The quantitative estimate of drug-likeness (QED) is 0.813. The molecule has 0 aliphatic carbocycles. The Morgan fingerprint density at radius 2 is 2.42 bits per heavy atom. The summed E-state index contributed by atoms with van der Waals surface area (Å²) in [6.07, 6.45) is 3.52. The molecule has 0 spiro atoms. The second kappa shape index (κ2) is 6.18. The van der Waals surface area contributed by atoms with Crippen molar-refractivity contribution in [1.82, 2.24) is 14.9 Å². The van der Waals surface area contributed by atoms with E-state index in [-0.39, 0.29) is 12.5 Å². The molecular weight excluding hydrogens is 262 g/mol. The average Bonchev–Trinajstić information content (AvgIpc) is 3.03. The lowest BCUT2D eigenvalue weighted by Gasteiger charge is -2.03. The smallest absolute Gasteiger partial charge is 0.261 e. The zero-order valence-electron chi connectivity index (χ0n) is 10.4. The van der Waals surface area contributed by atoms with Crippen LogP contribution in [0.15, 0.2) is 24.5 Å². The molecule has 1 amide bonds. The summed E-state index contributed by atoms with van der Waals surface area (Å²) in [4.78, 5) is 17.4. The van der Waals surface area contributed by atoms with Crippen LogP contribution in [0, 0.1) is 11.8 Å². The number of hydrogen-bond donors (Lipinski definition) is 2. The number of nitrogens with zero attached hydrogens (tertiary/aromatic N) is 2. The van der Waals surface area contributed by atoms with E-state index in [1.54, 1.807) is 18.3 Å². The first-order valence-corrected chi connectivity index (χ1v) is 6.46. The Morgan fingerprint density at radius 3 is 3.11 bits per heavy atom. The van der Waals surface area contributed by atoms with E-state index in [0.717, 1.165) is 10.7 Å². The first kappa shape index (κ1) is 13.3. The highest BCUT2D eigenvalue weighted by Gasteiger charge is 2.09. The minimum absolute atomic E-state index is 0.148. The number of amides is 1. The fourth-order valence-electron chi connectivity index (χ4n) is 1.47. The third-order valence-electron chi connectivity index (χ3n) is 2.45. The molecule has 0 fully saturated rings. The van der Waals surface area contributed by atoms with Gasteiger partial charge in [0.2, 0.25) is 0 Å². The fraction of sp³-hybridized carbons (Fsp3) is 0.231. The highest BCUT2D eigenvalue weighted by atomic mass is 32.1. The molecule has 0 atom stereocenters. The van der Waals surface area contributed by atoms with Crippen LogP contribution < -0.4 is 5.32 Å². The molecule has 0 aromatic carbocycles. The largest absolute Gasteiger partial charge is 0.384 e. The molecule has 98 valence electrons. The Hall–Kier alpha value is -2.10. The lowest BCUT2D eigenvalue weighted by Crippen LogP contribution is -2.23. The molecule has 5 nitrogen and oxygen atoms in total. The fourth-order valence-corrected chi connectivity index (χ4v) is 2.26. The lowest BCUT2D eigenvalue weighted by molar-refractivity contribution is 0.0953. The van der Waals surface area contributed by atoms with E-state index in [9.17, 15) is 4.79 Å². The van der Waals surface area contributed by atoms with E-state index in [0.29, 0.717) is 11.4 Å². The zero-order valence-corrected chi connectivity index (χ0v) is 11.2. The molecule has 2 N–H and O–H groups in total. The summed E-state index contributed by atoms with van der Waals surface area (Å²) in [5.41, 5.74) is 0. The summed E-state index contributed by atoms with van der Waals surface area (Å²) >= 11 is 1.30. The summed E-state index contributed by atoms with van der Waals surface area (Å²) in [7, 11) is 1.88. The number of rotatable bonds is 3. The van der Waals surface area contributed by atoms with Crippen molar-refractivity contribution in [3.63, 3.8) is 0 Å². The Balaban J connectivity index is 1.96. The number of aliphatic hydroxyl groups excluding tert-OH is 1. The number of aliphatic hydroxyl groups is 1. The second-order valence-electron chi connectivity index (χ2n) is 3.76. The van der Waals surface area contributed by atoms with Crippen LogP contribution in [0.2, 0.25) is 0 Å². The SMILES string of the molecule is Cn1ccnc1CNC(=O)c1ccc(C#CCO)s1. The maximum Gasteiger partial charge on any atom is 0.261 e. The Morgan fingerprint density at radius 1 is 1.58 bits per heavy atom. The van der Waals surface area contributed by atoms with Crippen LogP contribution in [0.3, 0.4) is 0 Å². The standard InChI is InChI=1S/C13H13N3O2S/c1-16-7-6-14-12(16)9-15-13(18)11-5-4-10(19-11)3-2-8-17/h4-7,17H,8-9H2,1H3,(H,15,18). The van der Waals surface area contributed by atoms with Gasteiger partial charge in [-0.25, -0.2) is 4.98 Å². The minimum atomic E-state index is -0.182. The van der Waals surface area contributed by atoms with Gasteiger partial charge in [0.25, 0.3) is 5.91 Å². The van der Waals surface area contributed by atoms with Crippen molar-refractivity contribution in [3.05, 3.63) is 40.1 Å². The van der Waals surface area contributed by atoms with Crippen LogP contribution in [0.1, 0.15) is 20.4 Å². The van der Waals surface area contributed by atoms with E-state index in [2.05, 4.69) is 22.1 Å². The summed E-state index contributed by atoms with van der Waals surface area (Å²) in [5, 5.41) is 11.4. The van der Waals surface area contributed by atoms with Gasteiger partial charge in [-0.15, -0.1) is 11.3 Å². The van der Waals surface area contributed by atoms with Crippen LogP contribution in [-0.4, -0.2) is 27.2 Å². The van der Waals surface area contributed by atoms with Gasteiger partial charge in [0.05, 0.1) is 16.3 Å². The number of nitrogens with one attached hydrogen (secondary N) is 1. The number of hydrogen-bond acceptors (Lipinski definition) is 4. The highest BCUT2D eigenvalue weighted by molar-refractivity contribution is 7.14. The monoisotopic (exact) mass is 275 g/mol. The molecule has 0 unspecified atom stereocenters. The van der Waals surface area contributed by atoms with Gasteiger partial charge in [0, 0.05) is 19.4 Å². The van der Waals surface area contributed by atoms with Gasteiger partial charge in [-0.05, 0) is 12.1 Å². The predicted molar refractivity (Wildman–Crippen MR) is 72.7 cm³/mol. The van der Waals surface area contributed by atoms with E-state index in [1.165, 1.54) is 11.3 Å². The van der Waals surface area contributed by atoms with Crippen molar-refractivity contribution < 1.29 is 9.90 Å². The molecule has 0 bridgehead atoms. The third-order valence-corrected chi connectivity index (χ3v) is 3.45. The summed E-state index contributed by atoms with van der Waals surface area (Å²) < 4.78 is 1.85. The van der Waals surface area contributed by atoms with Gasteiger partial charge in [0.1, 0.15) is 12.4 Å². The second-order valence-corrected chi connectivity index (χ2v) is 4.84. The molecule has 0 saturated carbocycles. The van der Waals surface area contributed by atoms with Gasteiger partial charge >= 0.3 is 0 Å². The van der Waals surface area contributed by atoms with Gasteiger partial charge in [-0.1, -0.05) is 11.8 Å². The van der Waals surface area contributed by atoms with Crippen molar-refractivity contribution in [2.24, 2.45) is 7.05 Å². The molecule has 0 radical (unpaired) electrons. The number of carbonyl (C=O) groups excluding carboxylic acids is 1. The topological polar surface area (TPSA) is 67.2 Å². The maximum absolute atomic E-state index is 11.9. The highest BCUT2D eigenvalue weighted by Crippen LogP contribution is 2.15. The molecule has 2 aromatic rings. The van der Waals surface area contributed by atoms with Crippen LogP contribution in [0.5, 0.6) is 0 Å². The van der Waals surface area contributed by atoms with Gasteiger partial charge in [-0.3, -0.25) is 4.79 Å². The Bertz CT molecular complexity index is 634. The molecule has 2 rings (SSSR count). The van der Waals surface area contributed by atoms with Crippen LogP contribution in [-0.2, 0) is 13.6 Å². The lowest BCUT2D eigenvalue weighted by atomic mass is 10.4. The number of imidazole rings is 1. The predicted octanol–water partition coefficient (Wildman–Crippen LogP) is 0.755.